The molecular weight excluding hydrogens is 596 g/mol. The van der Waals surface area contributed by atoms with E-state index in [4.69, 9.17) is 21.1 Å². The molecule has 0 bridgehead atoms. The standard InChI is InChI=1S/C31H25ClN2O6S2/c1-3-39-30(37)18-8-11-20(12-9-18)34-28(35)24-23(25-27(33-31(38)42-25)41-26(24)29(34)36)21-14-19(32)10-13-22(21)40-15-17-6-4-16(2)5-7-17/h4-14,23-24,26H,3,15H2,1-2H3,(H,33,38). The highest BCUT2D eigenvalue weighted by Gasteiger charge is 2.56. The average molecular weight is 621 g/mol. The lowest BCUT2D eigenvalue weighted by Gasteiger charge is -2.31. The van der Waals surface area contributed by atoms with Gasteiger partial charge in [0.25, 0.3) is 0 Å². The molecular formula is C31H25ClN2O6S2. The van der Waals surface area contributed by atoms with Crippen molar-refractivity contribution in [3.63, 3.8) is 0 Å². The highest BCUT2D eigenvalue weighted by atomic mass is 35.5. The van der Waals surface area contributed by atoms with E-state index in [1.165, 1.54) is 23.9 Å². The number of carbonyl (C=O) groups excluding carboxylic acids is 3. The van der Waals surface area contributed by atoms with E-state index < -0.39 is 34.9 Å². The second kappa shape index (κ2) is 11.4. The number of nitrogens with one attached hydrogen (secondary N) is 1. The van der Waals surface area contributed by atoms with Gasteiger partial charge < -0.3 is 14.5 Å². The Labute approximate surface area is 254 Å². The number of hydrogen-bond acceptors (Lipinski definition) is 8. The molecule has 2 aliphatic rings. The molecule has 4 aromatic rings. The van der Waals surface area contributed by atoms with Gasteiger partial charge in [0.2, 0.25) is 11.8 Å². The Hall–Kier alpha value is -3.86. The van der Waals surface area contributed by atoms with Crippen LogP contribution in [0.3, 0.4) is 0 Å². The number of H-pyrrole nitrogens is 1. The van der Waals surface area contributed by atoms with E-state index in [0.717, 1.165) is 27.4 Å². The van der Waals surface area contributed by atoms with Crippen molar-refractivity contribution in [1.29, 1.82) is 0 Å². The average Bonchev–Trinajstić information content (AvgIpc) is 3.47. The number of hydrogen-bond donors (Lipinski definition) is 1. The van der Waals surface area contributed by atoms with Crippen molar-refractivity contribution in [1.82, 2.24) is 4.98 Å². The molecule has 42 heavy (non-hydrogen) atoms. The molecule has 3 heterocycles. The van der Waals surface area contributed by atoms with E-state index in [1.807, 2.05) is 31.2 Å². The van der Waals surface area contributed by atoms with Crippen molar-refractivity contribution in [3.8, 4) is 5.75 Å². The van der Waals surface area contributed by atoms with Gasteiger partial charge in [-0.1, -0.05) is 64.5 Å². The quantitative estimate of drug-likeness (QED) is 0.201. The van der Waals surface area contributed by atoms with Gasteiger partial charge in [-0.15, -0.1) is 0 Å². The zero-order valence-electron chi connectivity index (χ0n) is 22.6. The molecule has 1 aromatic heterocycles. The van der Waals surface area contributed by atoms with Crippen molar-refractivity contribution in [2.75, 3.05) is 11.5 Å². The van der Waals surface area contributed by atoms with Crippen molar-refractivity contribution in [3.05, 3.63) is 109 Å². The number of carbonyl (C=O) groups is 3. The van der Waals surface area contributed by atoms with Gasteiger partial charge in [-0.2, -0.15) is 0 Å². The third-order valence-electron chi connectivity index (χ3n) is 7.28. The first kappa shape index (κ1) is 28.3. The Bertz CT molecular complexity index is 1750. The number of aryl methyl sites for hydroxylation is 1. The predicted molar refractivity (Wildman–Crippen MR) is 162 cm³/mol. The lowest BCUT2D eigenvalue weighted by Crippen LogP contribution is -2.32. The van der Waals surface area contributed by atoms with Gasteiger partial charge in [0.1, 0.15) is 17.6 Å². The molecule has 3 atom stereocenters. The zero-order valence-corrected chi connectivity index (χ0v) is 25.0. The van der Waals surface area contributed by atoms with Gasteiger partial charge in [-0.25, -0.2) is 9.69 Å². The minimum Gasteiger partial charge on any atom is -0.489 e. The molecule has 214 valence electrons. The Morgan fingerprint density at radius 1 is 1.00 bits per heavy atom. The largest absolute Gasteiger partial charge is 0.489 e. The van der Waals surface area contributed by atoms with E-state index in [2.05, 4.69) is 4.98 Å². The molecule has 3 unspecified atom stereocenters. The first-order valence-corrected chi connectivity index (χ1v) is 15.3. The van der Waals surface area contributed by atoms with Gasteiger partial charge in [-0.3, -0.25) is 14.4 Å². The molecule has 2 aliphatic heterocycles. The summed E-state index contributed by atoms with van der Waals surface area (Å²) < 4.78 is 11.3. The SMILES string of the molecule is CCOC(=O)c1ccc(N2C(=O)C3Sc4[nH]c(=O)sc4C(c4cc(Cl)ccc4OCc4ccc(C)cc4)C3C2=O)cc1. The number of rotatable bonds is 7. The Kier molecular flexibility index (Phi) is 7.69. The van der Waals surface area contributed by atoms with Crippen LogP contribution >= 0.6 is 34.7 Å². The minimum absolute atomic E-state index is 0.234. The lowest BCUT2D eigenvalue weighted by molar-refractivity contribution is -0.122. The van der Waals surface area contributed by atoms with Crippen LogP contribution in [-0.4, -0.2) is 34.6 Å². The van der Waals surface area contributed by atoms with E-state index in [-0.39, 0.29) is 18.1 Å². The van der Waals surface area contributed by atoms with Gasteiger partial charge in [0, 0.05) is 21.4 Å². The molecule has 2 amide bonds. The summed E-state index contributed by atoms with van der Waals surface area (Å²) >= 11 is 8.68. The van der Waals surface area contributed by atoms with Gasteiger partial charge in [0.05, 0.1) is 28.8 Å². The first-order chi connectivity index (χ1) is 20.2. The molecule has 1 fully saturated rings. The summed E-state index contributed by atoms with van der Waals surface area (Å²) in [5.41, 5.74) is 3.40. The number of anilines is 1. The molecule has 0 radical (unpaired) electrons. The number of thioether (sulfide) groups is 1. The van der Waals surface area contributed by atoms with Gasteiger partial charge in [0.15, 0.2) is 0 Å². The Balaban J connectivity index is 1.39. The number of amides is 2. The number of halogens is 1. The third-order valence-corrected chi connectivity index (χ3v) is 9.92. The summed E-state index contributed by atoms with van der Waals surface area (Å²) in [6.07, 6.45) is 0. The number of thiazole rings is 1. The maximum atomic E-state index is 14.1. The fraction of sp³-hybridized carbons (Fsp3) is 0.226. The molecule has 0 saturated carbocycles. The molecule has 0 spiro atoms. The van der Waals surface area contributed by atoms with Crippen molar-refractivity contribution in [2.24, 2.45) is 5.92 Å². The monoisotopic (exact) mass is 620 g/mol. The van der Waals surface area contributed by atoms with Gasteiger partial charge >= 0.3 is 10.8 Å². The van der Waals surface area contributed by atoms with Crippen LogP contribution in [0.5, 0.6) is 5.75 Å². The third kappa shape index (κ3) is 5.14. The maximum absolute atomic E-state index is 14.1. The van der Waals surface area contributed by atoms with E-state index in [9.17, 15) is 19.2 Å². The van der Waals surface area contributed by atoms with E-state index in [0.29, 0.717) is 37.5 Å². The van der Waals surface area contributed by atoms with Crippen LogP contribution < -0.4 is 14.5 Å². The van der Waals surface area contributed by atoms with Crippen LogP contribution in [0.2, 0.25) is 5.02 Å². The summed E-state index contributed by atoms with van der Waals surface area (Å²) in [4.78, 5) is 57.0. The van der Waals surface area contributed by atoms with Crippen LogP contribution in [0.15, 0.2) is 76.6 Å². The van der Waals surface area contributed by atoms with Crippen LogP contribution in [-0.2, 0) is 20.9 Å². The number of aromatic amines is 1. The normalized spacial score (nSPS) is 19.4. The molecule has 1 saturated heterocycles. The molecule has 1 N–H and O–H groups in total. The number of benzene rings is 3. The molecule has 11 heteroatoms. The molecule has 0 aliphatic carbocycles. The first-order valence-electron chi connectivity index (χ1n) is 13.3. The number of imide groups is 1. The van der Waals surface area contributed by atoms with Crippen molar-refractivity contribution < 1.29 is 23.9 Å². The smallest absolute Gasteiger partial charge is 0.338 e. The second-order valence-corrected chi connectivity index (χ2v) is 12.6. The Morgan fingerprint density at radius 3 is 2.45 bits per heavy atom. The van der Waals surface area contributed by atoms with E-state index in [1.54, 1.807) is 37.3 Å². The highest BCUT2D eigenvalue weighted by molar-refractivity contribution is 8.00. The second-order valence-electron chi connectivity index (χ2n) is 9.99. The number of aromatic nitrogens is 1. The van der Waals surface area contributed by atoms with Crippen LogP contribution in [0.25, 0.3) is 0 Å². The zero-order chi connectivity index (χ0) is 29.5. The fourth-order valence-corrected chi connectivity index (χ4v) is 7.99. The van der Waals surface area contributed by atoms with Crippen molar-refractivity contribution in [2.45, 2.75) is 36.6 Å². The molecule has 3 aromatic carbocycles. The van der Waals surface area contributed by atoms with Crippen molar-refractivity contribution >= 4 is 58.2 Å². The summed E-state index contributed by atoms with van der Waals surface area (Å²) in [6, 6.07) is 19.4. The molecule has 8 nitrogen and oxygen atoms in total. The number of fused-ring (bicyclic) bond motifs is 2. The minimum atomic E-state index is -0.814. The number of esters is 1. The van der Waals surface area contributed by atoms with E-state index >= 15 is 0 Å². The van der Waals surface area contributed by atoms with Gasteiger partial charge in [-0.05, 0) is 61.9 Å². The maximum Gasteiger partial charge on any atom is 0.338 e. The highest BCUT2D eigenvalue weighted by Crippen LogP contribution is 2.54. The van der Waals surface area contributed by atoms with Crippen LogP contribution in [0, 0.1) is 12.8 Å². The Morgan fingerprint density at radius 2 is 1.74 bits per heavy atom. The number of nitrogens with zero attached hydrogens (tertiary/aromatic N) is 1. The van der Waals surface area contributed by atoms with Crippen LogP contribution in [0.4, 0.5) is 5.69 Å². The summed E-state index contributed by atoms with van der Waals surface area (Å²) in [7, 11) is 0. The topological polar surface area (TPSA) is 106 Å². The summed E-state index contributed by atoms with van der Waals surface area (Å²) in [5, 5.41) is 0.213. The number of ether oxygens (including phenoxy) is 2. The molecule has 6 rings (SSSR count). The fourth-order valence-electron chi connectivity index (χ4n) is 5.31. The predicted octanol–water partition coefficient (Wildman–Crippen LogP) is 5.95. The summed E-state index contributed by atoms with van der Waals surface area (Å²) in [6.45, 7) is 4.25. The summed E-state index contributed by atoms with van der Waals surface area (Å²) in [5.74, 6) is -2.23. The van der Waals surface area contributed by atoms with Crippen LogP contribution in [0.1, 0.15) is 44.8 Å². The lowest BCUT2D eigenvalue weighted by atomic mass is 9.82.